The van der Waals surface area contributed by atoms with Crippen LogP contribution in [0.4, 0.5) is 0 Å². The highest BCUT2D eigenvalue weighted by atomic mass is 32.1. The molecule has 2 aromatic rings. The Labute approximate surface area is 109 Å². The highest BCUT2D eigenvalue weighted by Gasteiger charge is 2.07. The van der Waals surface area contributed by atoms with E-state index in [4.69, 9.17) is 5.11 Å². The zero-order chi connectivity index (χ0) is 13.0. The largest absolute Gasteiger partial charge is 0.480 e. The van der Waals surface area contributed by atoms with E-state index < -0.39 is 12.0 Å². The Balaban J connectivity index is 2.14. The lowest BCUT2D eigenvalue weighted by Gasteiger charge is -1.96. The fourth-order valence-electron chi connectivity index (χ4n) is 1.31. The monoisotopic (exact) mass is 260 g/mol. The quantitative estimate of drug-likeness (QED) is 0.860. The van der Waals surface area contributed by atoms with Crippen LogP contribution in [-0.4, -0.2) is 28.3 Å². The van der Waals surface area contributed by atoms with Crippen LogP contribution in [0.5, 0.6) is 0 Å². The number of carboxylic acids is 1. The molecule has 0 saturated carbocycles. The molecular formula is C13H12N2O2S. The molecule has 1 atom stereocenters. The van der Waals surface area contributed by atoms with Crippen molar-refractivity contribution in [2.75, 3.05) is 0 Å². The molecule has 18 heavy (non-hydrogen) atoms. The minimum absolute atomic E-state index is 0.687. The lowest BCUT2D eigenvalue weighted by Crippen LogP contribution is -2.13. The van der Waals surface area contributed by atoms with Gasteiger partial charge < -0.3 is 5.11 Å². The van der Waals surface area contributed by atoms with E-state index in [2.05, 4.69) is 9.98 Å². The second-order valence-electron chi connectivity index (χ2n) is 3.74. The Bertz CT molecular complexity index is 563. The van der Waals surface area contributed by atoms with Gasteiger partial charge in [0.1, 0.15) is 11.0 Å². The average Bonchev–Trinajstić information content (AvgIpc) is 2.85. The second kappa shape index (κ2) is 5.55. The van der Waals surface area contributed by atoms with E-state index in [0.717, 1.165) is 10.6 Å². The summed E-state index contributed by atoms with van der Waals surface area (Å²) in [6, 6.07) is 9.09. The van der Waals surface area contributed by atoms with Gasteiger partial charge in [-0.3, -0.25) is 4.99 Å². The average molecular weight is 260 g/mol. The minimum Gasteiger partial charge on any atom is -0.480 e. The second-order valence-corrected chi connectivity index (χ2v) is 4.59. The molecule has 0 saturated heterocycles. The first-order valence-corrected chi connectivity index (χ1v) is 6.31. The maximum atomic E-state index is 10.6. The number of rotatable bonds is 4. The van der Waals surface area contributed by atoms with Gasteiger partial charge in [-0.1, -0.05) is 30.3 Å². The summed E-state index contributed by atoms with van der Waals surface area (Å²) in [5, 5.41) is 11.5. The van der Waals surface area contributed by atoms with Crippen molar-refractivity contribution in [2.45, 2.75) is 13.0 Å². The SMILES string of the molecule is CC(/N=C/c1csc(-c2ccccc2)n1)C(=O)O. The topological polar surface area (TPSA) is 62.5 Å². The zero-order valence-corrected chi connectivity index (χ0v) is 10.6. The molecule has 1 aromatic carbocycles. The number of nitrogens with zero attached hydrogens (tertiary/aromatic N) is 2. The third-order valence-corrected chi connectivity index (χ3v) is 3.24. The van der Waals surface area contributed by atoms with Gasteiger partial charge in [-0.15, -0.1) is 11.3 Å². The van der Waals surface area contributed by atoms with Gasteiger partial charge in [0.15, 0.2) is 0 Å². The van der Waals surface area contributed by atoms with Crippen LogP contribution < -0.4 is 0 Å². The molecule has 2 rings (SSSR count). The van der Waals surface area contributed by atoms with E-state index in [-0.39, 0.29) is 0 Å². The molecule has 0 spiro atoms. The number of aliphatic carboxylic acids is 1. The summed E-state index contributed by atoms with van der Waals surface area (Å²) < 4.78 is 0. The standard InChI is InChI=1S/C13H12N2O2S/c1-9(13(16)17)14-7-11-8-18-12(15-11)10-5-3-2-4-6-10/h2-9H,1H3,(H,16,17)/b14-7+. The summed E-state index contributed by atoms with van der Waals surface area (Å²) >= 11 is 1.51. The molecule has 0 aliphatic heterocycles. The van der Waals surface area contributed by atoms with Crippen LogP contribution in [0.25, 0.3) is 10.6 Å². The number of hydrogen-bond acceptors (Lipinski definition) is 4. The van der Waals surface area contributed by atoms with Gasteiger partial charge in [-0.25, -0.2) is 9.78 Å². The van der Waals surface area contributed by atoms with Crippen LogP contribution >= 0.6 is 11.3 Å². The molecule has 1 heterocycles. The van der Waals surface area contributed by atoms with Gasteiger partial charge in [-0.2, -0.15) is 0 Å². The molecule has 1 aromatic heterocycles. The van der Waals surface area contributed by atoms with Gasteiger partial charge in [0.05, 0.1) is 5.69 Å². The van der Waals surface area contributed by atoms with Crippen molar-refractivity contribution in [2.24, 2.45) is 4.99 Å². The summed E-state index contributed by atoms with van der Waals surface area (Å²) in [6.45, 7) is 1.53. The molecule has 0 bridgehead atoms. The molecule has 4 nitrogen and oxygen atoms in total. The van der Waals surface area contributed by atoms with Crippen molar-refractivity contribution in [1.82, 2.24) is 4.98 Å². The summed E-state index contributed by atoms with van der Waals surface area (Å²) in [6.07, 6.45) is 1.50. The Hall–Kier alpha value is -2.01. The number of aliphatic imine (C=N–C) groups is 1. The number of carbonyl (C=O) groups is 1. The molecule has 1 unspecified atom stereocenters. The lowest BCUT2D eigenvalue weighted by molar-refractivity contribution is -0.137. The molecule has 1 N–H and O–H groups in total. The summed E-state index contributed by atoms with van der Waals surface area (Å²) in [7, 11) is 0. The van der Waals surface area contributed by atoms with Gasteiger partial charge in [0.2, 0.25) is 0 Å². The van der Waals surface area contributed by atoms with Crippen molar-refractivity contribution >= 4 is 23.5 Å². The summed E-state index contributed by atoms with van der Waals surface area (Å²) in [5.74, 6) is -0.940. The number of benzene rings is 1. The van der Waals surface area contributed by atoms with Crippen molar-refractivity contribution in [3.8, 4) is 10.6 Å². The fraction of sp³-hybridized carbons (Fsp3) is 0.154. The van der Waals surface area contributed by atoms with Crippen LogP contribution in [0.3, 0.4) is 0 Å². The van der Waals surface area contributed by atoms with Crippen molar-refractivity contribution in [3.63, 3.8) is 0 Å². The summed E-state index contributed by atoms with van der Waals surface area (Å²) in [4.78, 5) is 18.9. The first-order chi connectivity index (χ1) is 8.66. The van der Waals surface area contributed by atoms with E-state index in [9.17, 15) is 4.79 Å². The van der Waals surface area contributed by atoms with E-state index >= 15 is 0 Å². The number of carboxylic acid groups (broad SMARTS) is 1. The zero-order valence-electron chi connectivity index (χ0n) is 9.78. The molecule has 0 amide bonds. The van der Waals surface area contributed by atoms with E-state index in [1.165, 1.54) is 24.5 Å². The van der Waals surface area contributed by atoms with Crippen LogP contribution in [0.1, 0.15) is 12.6 Å². The van der Waals surface area contributed by atoms with Gasteiger partial charge in [-0.05, 0) is 6.92 Å². The molecule has 5 heteroatoms. The van der Waals surface area contributed by atoms with Gasteiger partial charge in [0.25, 0.3) is 0 Å². The number of thiazole rings is 1. The van der Waals surface area contributed by atoms with Crippen LogP contribution in [0.2, 0.25) is 0 Å². The Morgan fingerprint density at radius 2 is 2.17 bits per heavy atom. The molecule has 92 valence electrons. The van der Waals surface area contributed by atoms with Crippen molar-refractivity contribution < 1.29 is 9.90 Å². The van der Waals surface area contributed by atoms with Crippen molar-refractivity contribution in [3.05, 3.63) is 41.4 Å². The molecule has 0 fully saturated rings. The molecule has 0 aliphatic carbocycles. The number of aromatic nitrogens is 1. The normalized spacial score (nSPS) is 12.7. The number of hydrogen-bond donors (Lipinski definition) is 1. The minimum atomic E-state index is -0.940. The van der Waals surface area contributed by atoms with Gasteiger partial charge >= 0.3 is 5.97 Å². The van der Waals surface area contributed by atoms with E-state index in [0.29, 0.717) is 5.69 Å². The Morgan fingerprint density at radius 3 is 2.83 bits per heavy atom. The molecule has 0 radical (unpaired) electrons. The molecule has 0 aliphatic rings. The smallest absolute Gasteiger partial charge is 0.328 e. The van der Waals surface area contributed by atoms with Crippen LogP contribution in [0, 0.1) is 0 Å². The van der Waals surface area contributed by atoms with Crippen LogP contribution in [-0.2, 0) is 4.79 Å². The highest BCUT2D eigenvalue weighted by Crippen LogP contribution is 2.22. The lowest BCUT2D eigenvalue weighted by atomic mass is 10.2. The van der Waals surface area contributed by atoms with E-state index in [1.54, 1.807) is 0 Å². The predicted molar refractivity (Wildman–Crippen MR) is 72.2 cm³/mol. The third-order valence-electron chi connectivity index (χ3n) is 2.33. The third kappa shape index (κ3) is 3.01. The predicted octanol–water partition coefficient (Wildman–Crippen LogP) is 2.70. The maximum Gasteiger partial charge on any atom is 0.328 e. The van der Waals surface area contributed by atoms with Crippen molar-refractivity contribution in [1.29, 1.82) is 0 Å². The summed E-state index contributed by atoms with van der Waals surface area (Å²) in [5.41, 5.74) is 1.74. The Kier molecular flexibility index (Phi) is 3.84. The maximum absolute atomic E-state index is 10.6. The van der Waals surface area contributed by atoms with Crippen LogP contribution in [0.15, 0.2) is 40.7 Å². The first-order valence-electron chi connectivity index (χ1n) is 5.44. The first kappa shape index (κ1) is 12.4. The Morgan fingerprint density at radius 1 is 1.44 bits per heavy atom. The fourth-order valence-corrected chi connectivity index (χ4v) is 2.09. The highest BCUT2D eigenvalue weighted by molar-refractivity contribution is 7.13. The van der Waals surface area contributed by atoms with Gasteiger partial charge in [0, 0.05) is 17.2 Å². The molecular weight excluding hydrogens is 248 g/mol. The van der Waals surface area contributed by atoms with E-state index in [1.807, 2.05) is 35.7 Å².